The minimum absolute atomic E-state index is 0.0769. The lowest BCUT2D eigenvalue weighted by Crippen LogP contribution is -2.34. The fraction of sp³-hybridized carbons (Fsp3) is 0.466. The second-order valence-corrected chi connectivity index (χ2v) is 22.3. The Hall–Kier alpha value is -8.63. The van der Waals surface area contributed by atoms with Gasteiger partial charge < -0.3 is 38.8 Å². The van der Waals surface area contributed by atoms with Crippen LogP contribution in [0.1, 0.15) is 173 Å². The van der Waals surface area contributed by atoms with E-state index in [9.17, 15) is 19.2 Å². The average Bonchev–Trinajstić information content (AvgIpc) is 4.20. The molecular formula is C58H83N19O4. The van der Waals surface area contributed by atoms with E-state index in [1.807, 2.05) is 98.5 Å². The van der Waals surface area contributed by atoms with E-state index in [-0.39, 0.29) is 40.3 Å². The number of H-pyrrole nitrogens is 2. The van der Waals surface area contributed by atoms with E-state index >= 15 is 0 Å². The number of imidazole rings is 3. The Balaban J connectivity index is 0.000000179. The van der Waals surface area contributed by atoms with Crippen molar-refractivity contribution in [3.63, 3.8) is 0 Å². The van der Waals surface area contributed by atoms with Gasteiger partial charge in [0.05, 0.1) is 30.4 Å². The van der Waals surface area contributed by atoms with Crippen LogP contribution in [0.15, 0.2) is 93.4 Å². The zero-order chi connectivity index (χ0) is 60.7. The number of anilines is 1. The maximum absolute atomic E-state index is 11.5. The third kappa shape index (κ3) is 15.4. The van der Waals surface area contributed by atoms with Crippen LogP contribution in [0.3, 0.4) is 0 Å². The lowest BCUT2D eigenvalue weighted by Gasteiger charge is -2.28. The van der Waals surface area contributed by atoms with Gasteiger partial charge in [-0.25, -0.2) is 49.7 Å². The Labute approximate surface area is 473 Å². The smallest absolute Gasteiger partial charge is 0.328 e. The number of rotatable bonds is 5. The summed E-state index contributed by atoms with van der Waals surface area (Å²) in [6.45, 7) is 49.7. The fourth-order valence-electron chi connectivity index (χ4n) is 8.37. The van der Waals surface area contributed by atoms with Crippen molar-refractivity contribution in [3.8, 4) is 0 Å². The molecule has 0 atom stereocenters. The number of nitrogens with one attached hydrogen (secondary N) is 4. The minimum atomic E-state index is -0.347. The first-order valence-corrected chi connectivity index (χ1v) is 27.0. The first-order valence-electron chi connectivity index (χ1n) is 27.0. The van der Waals surface area contributed by atoms with Gasteiger partial charge in [0.1, 0.15) is 46.1 Å². The van der Waals surface area contributed by atoms with Crippen LogP contribution in [0, 0.1) is 41.5 Å². The first kappa shape index (κ1) is 63.2. The van der Waals surface area contributed by atoms with Gasteiger partial charge in [0.25, 0.3) is 17.0 Å². The third-order valence-electron chi connectivity index (χ3n) is 12.8. The molecule has 0 unspecified atom stereocenters. The van der Waals surface area contributed by atoms with Crippen molar-refractivity contribution in [2.24, 2.45) is 4.99 Å². The molecule has 23 nitrogen and oxygen atoms in total. The van der Waals surface area contributed by atoms with Crippen molar-refractivity contribution >= 4 is 50.8 Å². The number of aromatic amines is 2. The zero-order valence-electron chi connectivity index (χ0n) is 51.2. The van der Waals surface area contributed by atoms with E-state index in [0.29, 0.717) is 58.0 Å². The van der Waals surface area contributed by atoms with Crippen LogP contribution in [0.25, 0.3) is 33.4 Å². The lowest BCUT2D eigenvalue weighted by atomic mass is 10.1. The molecule has 0 saturated heterocycles. The quantitative estimate of drug-likeness (QED) is 0.125. The Morgan fingerprint density at radius 1 is 0.568 bits per heavy atom. The number of allylic oxidation sites excluding steroid dienone is 1. The molecule has 23 heteroatoms. The van der Waals surface area contributed by atoms with Crippen LogP contribution >= 0.6 is 0 Å². The normalized spacial score (nSPS) is 13.1. The molecule has 0 radical (unpaired) electrons. The maximum atomic E-state index is 11.5. The van der Waals surface area contributed by atoms with Gasteiger partial charge in [-0.2, -0.15) is 0 Å². The van der Waals surface area contributed by atoms with Crippen LogP contribution in [-0.2, 0) is 5.54 Å². The lowest BCUT2D eigenvalue weighted by molar-refractivity contribution is 0.0959. The van der Waals surface area contributed by atoms with Crippen molar-refractivity contribution in [1.29, 1.82) is 0 Å². The van der Waals surface area contributed by atoms with Gasteiger partial charge in [-0.05, 0) is 157 Å². The summed E-state index contributed by atoms with van der Waals surface area (Å²) in [6.07, 6.45) is 10.9. The number of carbonyl (C=O) groups is 1. The van der Waals surface area contributed by atoms with E-state index in [2.05, 4.69) is 160 Å². The number of aryl methyl sites for hydroxylation is 6. The second kappa shape index (κ2) is 26.1. The maximum Gasteiger partial charge on any atom is 0.328 e. The summed E-state index contributed by atoms with van der Waals surface area (Å²) in [5.74, 6) is 4.08. The van der Waals surface area contributed by atoms with E-state index < -0.39 is 0 Å². The number of carbonyl (C=O) groups excluding carboxylic acids is 1. The highest BCUT2D eigenvalue weighted by molar-refractivity contribution is 6.00. The molecule has 2 aliphatic heterocycles. The van der Waals surface area contributed by atoms with Crippen LogP contribution in [0.2, 0.25) is 0 Å². The highest BCUT2D eigenvalue weighted by Crippen LogP contribution is 2.27. The summed E-state index contributed by atoms with van der Waals surface area (Å²) in [5, 5.41) is 6.76. The molecule has 10 heterocycles. The molecule has 1 amide bonds. The van der Waals surface area contributed by atoms with Gasteiger partial charge >= 0.3 is 5.69 Å². The summed E-state index contributed by atoms with van der Waals surface area (Å²) >= 11 is 0. The molecule has 0 spiro atoms. The summed E-state index contributed by atoms with van der Waals surface area (Å²) in [5.41, 5.74) is 8.27. The molecule has 434 valence electrons. The molecular weight excluding hydrogens is 1030 g/mol. The standard InChI is InChI=1S/C11H15N3.C10H14N4O.C10H14N4.C10H16N2.C9H12N4O.C8H12N2O2/c1-7(2)14-6-5-10-8(3)12-9(4)13-11(10)14;1-6-12-8-7(9(15)13-6)11-5-14(8)10(2,3)4;1-6(2)14-5-11-9-7(3)12-8(4)13-10(9)14;1-7(2)12-6-8(3)9(4)11-10(12)5;1-5(2)13-4-10-7-8(13)11-6(3)12-9(7)14;1-5(2)10-4-6(3)7(11)9-8(10)12/h5-7H,1-4H3;5,12H,1H2,2-4H3,(H,13,15);5-6H,1-4H3;6-7H,5H2,1-4H3;4-5H,1-3H3,(H,11,12,14);4-5H,1-3H3,(H,9,11,12). The molecule has 0 saturated carbocycles. The Morgan fingerprint density at radius 2 is 1.11 bits per heavy atom. The van der Waals surface area contributed by atoms with Gasteiger partial charge in [0, 0.05) is 71.0 Å². The van der Waals surface area contributed by atoms with Gasteiger partial charge in [-0.15, -0.1) is 0 Å². The van der Waals surface area contributed by atoms with Crippen LogP contribution in [0.4, 0.5) is 5.82 Å². The SMILES string of the molecule is C=C1N=C(C)C(C)=CN1C(C)C.C=C1NC(=O)c2ncn(C(C)(C)C)c2N1.Cc1cn(C(C)C)c(=O)[nH]c1=O.Cc1nc(C)c2ccn(C(C)C)c2n1.Cc1nc(C)c2ncn(C(C)C)c2n1.Cc1nc2c(ncn2C(C)C)c(=O)[nH]1. The van der Waals surface area contributed by atoms with Crippen LogP contribution in [0.5, 0.6) is 0 Å². The minimum Gasteiger partial charge on any atom is -0.331 e. The monoisotopic (exact) mass is 1110 g/mol. The van der Waals surface area contributed by atoms with Gasteiger partial charge in [-0.1, -0.05) is 13.2 Å². The highest BCUT2D eigenvalue weighted by Gasteiger charge is 2.28. The van der Waals surface area contributed by atoms with Gasteiger partial charge in [-0.3, -0.25) is 23.9 Å². The van der Waals surface area contributed by atoms with E-state index in [4.69, 9.17) is 0 Å². The third-order valence-corrected chi connectivity index (χ3v) is 12.8. The average molecular weight is 1110 g/mol. The van der Waals surface area contributed by atoms with Gasteiger partial charge in [0.15, 0.2) is 22.5 Å². The predicted molar refractivity (Wildman–Crippen MR) is 323 cm³/mol. The summed E-state index contributed by atoms with van der Waals surface area (Å²) in [7, 11) is 0. The number of hydrogen-bond acceptors (Lipinski definition) is 15. The first-order chi connectivity index (χ1) is 37.7. The predicted octanol–water partition coefficient (Wildman–Crippen LogP) is 9.90. The molecule has 4 N–H and O–H groups in total. The fourth-order valence-corrected chi connectivity index (χ4v) is 8.37. The highest BCUT2D eigenvalue weighted by atomic mass is 16.2. The van der Waals surface area contributed by atoms with Crippen molar-refractivity contribution in [2.75, 3.05) is 5.32 Å². The number of fused-ring (bicyclic) bond motifs is 4. The number of aromatic nitrogens is 15. The van der Waals surface area contributed by atoms with Crippen LogP contribution in [-0.4, -0.2) is 95.2 Å². The molecule has 0 fully saturated rings. The summed E-state index contributed by atoms with van der Waals surface area (Å²) in [6, 6.07) is 3.69. The number of aliphatic imine (C=N–C) groups is 1. The summed E-state index contributed by atoms with van der Waals surface area (Å²) in [4.78, 5) is 90.6. The molecule has 81 heavy (non-hydrogen) atoms. The zero-order valence-corrected chi connectivity index (χ0v) is 51.2. The van der Waals surface area contributed by atoms with Gasteiger partial charge in [0.2, 0.25) is 0 Å². The Bertz CT molecular complexity index is 3730. The molecule has 0 aliphatic carbocycles. The molecule has 8 aromatic rings. The number of hydrogen-bond donors (Lipinski definition) is 4. The topological polar surface area (TPSA) is 267 Å². The van der Waals surface area contributed by atoms with Crippen molar-refractivity contribution in [3.05, 3.63) is 145 Å². The van der Waals surface area contributed by atoms with Crippen molar-refractivity contribution in [1.82, 2.24) is 82.9 Å². The van der Waals surface area contributed by atoms with E-state index in [1.54, 1.807) is 32.7 Å². The molecule has 10 rings (SSSR count). The van der Waals surface area contributed by atoms with E-state index in [0.717, 1.165) is 56.8 Å². The number of amides is 1. The molecule has 0 bridgehead atoms. The van der Waals surface area contributed by atoms with Crippen molar-refractivity contribution in [2.45, 2.75) is 181 Å². The molecule has 8 aromatic heterocycles. The van der Waals surface area contributed by atoms with E-state index in [1.165, 1.54) is 10.1 Å². The Morgan fingerprint density at radius 3 is 1.67 bits per heavy atom. The number of nitrogens with zero attached hydrogens (tertiary/aromatic N) is 15. The summed E-state index contributed by atoms with van der Waals surface area (Å²) < 4.78 is 9.55. The van der Waals surface area contributed by atoms with Crippen molar-refractivity contribution < 1.29 is 4.79 Å². The largest absolute Gasteiger partial charge is 0.331 e. The molecule has 0 aromatic carbocycles. The van der Waals surface area contributed by atoms with Crippen LogP contribution < -0.4 is 27.4 Å². The Kier molecular flexibility index (Phi) is 20.4. The second-order valence-electron chi connectivity index (χ2n) is 22.3. The molecule has 2 aliphatic rings.